The lowest BCUT2D eigenvalue weighted by Crippen LogP contribution is -2.40. The molecular weight excluding hydrogens is 248 g/mol. The maximum Gasteiger partial charge on any atom is 0.107 e. The van der Waals surface area contributed by atoms with Crippen LogP contribution in [-0.2, 0) is 16.7 Å². The van der Waals surface area contributed by atoms with Gasteiger partial charge in [-0.15, -0.1) is 11.3 Å². The third-order valence-electron chi connectivity index (χ3n) is 3.13. The zero-order valence-electron chi connectivity index (χ0n) is 11.3. The average molecular weight is 270 g/mol. The Kier molecular flexibility index (Phi) is 4.06. The first-order valence-electron chi connectivity index (χ1n) is 6.35. The van der Waals surface area contributed by atoms with E-state index in [0.717, 1.165) is 10.7 Å². The Labute approximate surface area is 112 Å². The molecule has 1 atom stereocenters. The van der Waals surface area contributed by atoms with E-state index >= 15 is 0 Å². The van der Waals surface area contributed by atoms with Crippen molar-refractivity contribution in [3.05, 3.63) is 16.1 Å². The number of thiazole rings is 1. The van der Waals surface area contributed by atoms with Gasteiger partial charge in [-0.25, -0.2) is 4.98 Å². The second kappa shape index (κ2) is 5.25. The molecule has 18 heavy (non-hydrogen) atoms. The van der Waals surface area contributed by atoms with Crippen molar-refractivity contribution in [1.29, 1.82) is 0 Å². The van der Waals surface area contributed by atoms with E-state index < -0.39 is 5.60 Å². The maximum absolute atomic E-state index is 10.1. The molecule has 1 aromatic heterocycles. The van der Waals surface area contributed by atoms with Crippen molar-refractivity contribution in [2.45, 2.75) is 44.8 Å². The summed E-state index contributed by atoms with van der Waals surface area (Å²) in [5.74, 6) is 0. The Balaban J connectivity index is 1.82. The van der Waals surface area contributed by atoms with Crippen molar-refractivity contribution < 1.29 is 9.84 Å². The third kappa shape index (κ3) is 3.51. The highest BCUT2D eigenvalue weighted by Crippen LogP contribution is 2.24. The van der Waals surface area contributed by atoms with Crippen LogP contribution in [0.15, 0.2) is 5.38 Å². The van der Waals surface area contributed by atoms with Gasteiger partial charge in [-0.05, 0) is 0 Å². The molecule has 2 N–H and O–H groups in total. The van der Waals surface area contributed by atoms with Crippen molar-refractivity contribution in [2.75, 3.05) is 19.8 Å². The minimum Gasteiger partial charge on any atom is -0.386 e. The smallest absolute Gasteiger partial charge is 0.107 e. The number of nitrogens with one attached hydrogen (secondary N) is 1. The molecule has 0 aliphatic carbocycles. The Hall–Kier alpha value is -0.490. The van der Waals surface area contributed by atoms with E-state index in [1.54, 1.807) is 11.3 Å². The molecule has 0 radical (unpaired) electrons. The maximum atomic E-state index is 10.1. The molecule has 0 amide bonds. The fourth-order valence-corrected chi connectivity index (χ4v) is 2.86. The van der Waals surface area contributed by atoms with Crippen LogP contribution in [0, 0.1) is 0 Å². The summed E-state index contributed by atoms with van der Waals surface area (Å²) >= 11 is 1.67. The summed E-state index contributed by atoms with van der Waals surface area (Å²) in [4.78, 5) is 4.61. The molecule has 1 fully saturated rings. The zero-order valence-corrected chi connectivity index (χ0v) is 12.1. The molecule has 2 heterocycles. The molecule has 2 rings (SSSR count). The monoisotopic (exact) mass is 270 g/mol. The van der Waals surface area contributed by atoms with Crippen LogP contribution >= 0.6 is 11.3 Å². The van der Waals surface area contributed by atoms with E-state index in [0.29, 0.717) is 32.7 Å². The summed E-state index contributed by atoms with van der Waals surface area (Å²) in [5.41, 5.74) is 0.545. The number of nitrogens with zero attached hydrogens (tertiary/aromatic N) is 1. The molecule has 5 heteroatoms. The highest BCUT2D eigenvalue weighted by molar-refractivity contribution is 7.09. The molecule has 4 nitrogen and oxygen atoms in total. The Bertz CT molecular complexity index is 392. The van der Waals surface area contributed by atoms with Crippen LogP contribution in [0.3, 0.4) is 0 Å². The van der Waals surface area contributed by atoms with Gasteiger partial charge in [0.15, 0.2) is 0 Å². The van der Waals surface area contributed by atoms with Gasteiger partial charge in [-0.3, -0.25) is 0 Å². The summed E-state index contributed by atoms with van der Waals surface area (Å²) < 4.78 is 5.21. The molecule has 0 saturated carbocycles. The molecule has 1 aromatic rings. The molecule has 1 saturated heterocycles. The van der Waals surface area contributed by atoms with E-state index in [-0.39, 0.29) is 5.41 Å². The third-order valence-corrected chi connectivity index (χ3v) is 3.98. The Morgan fingerprint density at radius 3 is 2.89 bits per heavy atom. The quantitative estimate of drug-likeness (QED) is 0.874. The lowest BCUT2D eigenvalue weighted by Gasteiger charge is -2.20. The van der Waals surface area contributed by atoms with Crippen molar-refractivity contribution in [1.82, 2.24) is 10.3 Å². The van der Waals surface area contributed by atoms with E-state index in [1.165, 1.54) is 0 Å². The van der Waals surface area contributed by atoms with E-state index in [1.807, 2.05) is 0 Å². The summed E-state index contributed by atoms with van der Waals surface area (Å²) in [6, 6.07) is 0. The van der Waals surface area contributed by atoms with Crippen molar-refractivity contribution in [2.24, 2.45) is 0 Å². The normalized spacial score (nSPS) is 24.7. The second-order valence-corrected chi connectivity index (χ2v) is 6.95. The van der Waals surface area contributed by atoms with Gasteiger partial charge in [0.25, 0.3) is 0 Å². The second-order valence-electron chi connectivity index (χ2n) is 6.01. The first-order valence-corrected chi connectivity index (χ1v) is 7.23. The minimum atomic E-state index is -0.690. The van der Waals surface area contributed by atoms with Crippen LogP contribution < -0.4 is 5.32 Å². The minimum absolute atomic E-state index is 0.103. The predicted molar refractivity (Wildman–Crippen MR) is 72.9 cm³/mol. The van der Waals surface area contributed by atoms with Crippen molar-refractivity contribution in [3.63, 3.8) is 0 Å². The highest BCUT2D eigenvalue weighted by atomic mass is 32.1. The summed E-state index contributed by atoms with van der Waals surface area (Å²) in [5, 5.41) is 16.6. The van der Waals surface area contributed by atoms with Gasteiger partial charge in [0.05, 0.1) is 12.3 Å². The van der Waals surface area contributed by atoms with Gasteiger partial charge in [0.2, 0.25) is 0 Å². The standard InChI is InChI=1S/C13H22N2O2S/c1-12(2,3)10-7-18-11(15-10)6-14-8-13(16)4-5-17-9-13/h7,14,16H,4-6,8-9H2,1-3H3. The van der Waals surface area contributed by atoms with Gasteiger partial charge >= 0.3 is 0 Å². The lowest BCUT2D eigenvalue weighted by molar-refractivity contribution is 0.0268. The highest BCUT2D eigenvalue weighted by Gasteiger charge is 2.31. The summed E-state index contributed by atoms with van der Waals surface area (Å²) in [6.45, 7) is 8.86. The number of aliphatic hydroxyl groups is 1. The van der Waals surface area contributed by atoms with Gasteiger partial charge in [-0.2, -0.15) is 0 Å². The molecule has 0 bridgehead atoms. The largest absolute Gasteiger partial charge is 0.386 e. The lowest BCUT2D eigenvalue weighted by atomic mass is 9.93. The molecule has 0 aromatic carbocycles. The first kappa shape index (κ1) is 13.9. The van der Waals surface area contributed by atoms with Gasteiger partial charge in [0, 0.05) is 36.9 Å². The van der Waals surface area contributed by atoms with E-state index in [9.17, 15) is 5.11 Å². The van der Waals surface area contributed by atoms with Crippen LogP contribution in [-0.4, -0.2) is 35.5 Å². The molecule has 1 aliphatic heterocycles. The summed E-state index contributed by atoms with van der Waals surface area (Å²) in [7, 11) is 0. The van der Waals surface area contributed by atoms with Crippen molar-refractivity contribution in [3.8, 4) is 0 Å². The molecule has 1 unspecified atom stereocenters. The number of ether oxygens (including phenoxy) is 1. The predicted octanol–water partition coefficient (Wildman–Crippen LogP) is 1.68. The van der Waals surface area contributed by atoms with Crippen LogP contribution in [0.4, 0.5) is 0 Å². The van der Waals surface area contributed by atoms with Gasteiger partial charge < -0.3 is 15.2 Å². The molecule has 102 valence electrons. The number of hydrogen-bond donors (Lipinski definition) is 2. The van der Waals surface area contributed by atoms with Gasteiger partial charge in [0.1, 0.15) is 10.6 Å². The van der Waals surface area contributed by atoms with Gasteiger partial charge in [-0.1, -0.05) is 20.8 Å². The summed E-state index contributed by atoms with van der Waals surface area (Å²) in [6.07, 6.45) is 0.713. The Morgan fingerprint density at radius 1 is 1.56 bits per heavy atom. The van der Waals surface area contributed by atoms with Crippen LogP contribution in [0.25, 0.3) is 0 Å². The van der Waals surface area contributed by atoms with Crippen molar-refractivity contribution >= 4 is 11.3 Å². The fraction of sp³-hybridized carbons (Fsp3) is 0.769. The zero-order chi connectivity index (χ0) is 13.2. The van der Waals surface area contributed by atoms with E-state index in [2.05, 4.69) is 36.5 Å². The topological polar surface area (TPSA) is 54.4 Å². The molecule has 0 spiro atoms. The average Bonchev–Trinajstić information content (AvgIpc) is 2.87. The molecule has 1 aliphatic rings. The number of aromatic nitrogens is 1. The molecular formula is C13H22N2O2S. The first-order chi connectivity index (χ1) is 8.39. The number of hydrogen-bond acceptors (Lipinski definition) is 5. The van der Waals surface area contributed by atoms with E-state index in [4.69, 9.17) is 4.74 Å². The van der Waals surface area contributed by atoms with Crippen LogP contribution in [0.2, 0.25) is 0 Å². The number of rotatable bonds is 4. The fourth-order valence-electron chi connectivity index (χ4n) is 1.87. The van der Waals surface area contributed by atoms with Crippen LogP contribution in [0.1, 0.15) is 37.9 Å². The SMILES string of the molecule is CC(C)(C)c1csc(CNCC2(O)CCOC2)n1. The Morgan fingerprint density at radius 2 is 2.33 bits per heavy atom. The van der Waals surface area contributed by atoms with Crippen LogP contribution in [0.5, 0.6) is 0 Å².